The van der Waals surface area contributed by atoms with E-state index in [1.54, 1.807) is 11.3 Å². The second kappa shape index (κ2) is 7.46. The maximum Gasteiger partial charge on any atom is 0.0361 e. The molecule has 102 valence electrons. The fraction of sp³-hybridized carbons (Fsp3) is 0.412. The van der Waals surface area contributed by atoms with Crippen LogP contribution in [-0.2, 0) is 12.8 Å². The summed E-state index contributed by atoms with van der Waals surface area (Å²) in [7, 11) is 0. The van der Waals surface area contributed by atoms with Crippen molar-refractivity contribution in [3.63, 3.8) is 0 Å². The summed E-state index contributed by atoms with van der Waals surface area (Å²) in [5.41, 5.74) is 4.30. The summed E-state index contributed by atoms with van der Waals surface area (Å²) in [6, 6.07) is 11.7. The van der Waals surface area contributed by atoms with Gasteiger partial charge in [-0.05, 0) is 52.9 Å². The molecule has 1 unspecified atom stereocenters. The Hall–Kier alpha value is -1.12. The molecule has 19 heavy (non-hydrogen) atoms. The lowest BCUT2D eigenvalue weighted by Crippen LogP contribution is -2.22. The Morgan fingerprint density at radius 3 is 2.74 bits per heavy atom. The van der Waals surface area contributed by atoms with Gasteiger partial charge in [-0.15, -0.1) is 0 Å². The highest BCUT2D eigenvalue weighted by Crippen LogP contribution is 2.21. The number of thiophene rings is 1. The third kappa shape index (κ3) is 4.19. The van der Waals surface area contributed by atoms with Crippen LogP contribution in [0.1, 0.15) is 43.0 Å². The van der Waals surface area contributed by atoms with Gasteiger partial charge in [-0.2, -0.15) is 11.3 Å². The fourth-order valence-corrected chi connectivity index (χ4v) is 3.13. The largest absolute Gasteiger partial charge is 0.310 e. The molecule has 0 aliphatic heterocycles. The van der Waals surface area contributed by atoms with Gasteiger partial charge in [0.2, 0.25) is 0 Å². The second-order valence-electron chi connectivity index (χ2n) is 4.94. The first-order valence-corrected chi connectivity index (χ1v) is 8.11. The van der Waals surface area contributed by atoms with Crippen LogP contribution in [0.15, 0.2) is 41.1 Å². The lowest BCUT2D eigenvalue weighted by molar-refractivity contribution is 0.550. The van der Waals surface area contributed by atoms with Crippen molar-refractivity contribution in [3.05, 3.63) is 57.8 Å². The molecule has 0 amide bonds. The lowest BCUT2D eigenvalue weighted by atomic mass is 9.97. The van der Waals surface area contributed by atoms with Crippen molar-refractivity contribution in [2.24, 2.45) is 0 Å². The van der Waals surface area contributed by atoms with Crippen molar-refractivity contribution in [2.45, 2.75) is 39.2 Å². The van der Waals surface area contributed by atoms with Crippen LogP contribution in [0.5, 0.6) is 0 Å². The predicted octanol–water partition coefficient (Wildman–Crippen LogP) is 4.59. The van der Waals surface area contributed by atoms with Gasteiger partial charge in [-0.25, -0.2) is 0 Å². The second-order valence-corrected chi connectivity index (χ2v) is 5.72. The quantitative estimate of drug-likeness (QED) is 0.777. The highest BCUT2D eigenvalue weighted by molar-refractivity contribution is 7.07. The van der Waals surface area contributed by atoms with Crippen LogP contribution in [0.3, 0.4) is 0 Å². The van der Waals surface area contributed by atoms with E-state index in [0.29, 0.717) is 6.04 Å². The minimum atomic E-state index is 0.427. The van der Waals surface area contributed by atoms with E-state index in [9.17, 15) is 0 Å². The van der Waals surface area contributed by atoms with E-state index < -0.39 is 0 Å². The molecule has 2 rings (SSSR count). The van der Waals surface area contributed by atoms with E-state index >= 15 is 0 Å². The van der Waals surface area contributed by atoms with Gasteiger partial charge in [0, 0.05) is 6.04 Å². The first-order chi connectivity index (χ1) is 9.33. The first kappa shape index (κ1) is 14.3. The summed E-state index contributed by atoms with van der Waals surface area (Å²) in [6.45, 7) is 5.42. The molecule has 1 nitrogen and oxygen atoms in total. The number of likely N-dealkylation sites (N-methyl/N-ethyl adjacent to an activating group) is 1. The number of hydrogen-bond donors (Lipinski definition) is 1. The maximum atomic E-state index is 3.61. The van der Waals surface area contributed by atoms with Gasteiger partial charge in [0.25, 0.3) is 0 Å². The van der Waals surface area contributed by atoms with Crippen LogP contribution in [0.25, 0.3) is 0 Å². The summed E-state index contributed by atoms with van der Waals surface area (Å²) in [4.78, 5) is 0. The number of benzene rings is 1. The highest BCUT2D eigenvalue weighted by Gasteiger charge is 2.11. The third-order valence-corrected chi connectivity index (χ3v) is 4.09. The molecule has 0 saturated heterocycles. The predicted molar refractivity (Wildman–Crippen MR) is 84.9 cm³/mol. The Morgan fingerprint density at radius 1 is 1.16 bits per heavy atom. The van der Waals surface area contributed by atoms with Crippen LogP contribution >= 0.6 is 11.3 Å². The maximum absolute atomic E-state index is 3.61. The van der Waals surface area contributed by atoms with E-state index in [1.807, 2.05) is 0 Å². The molecule has 1 atom stereocenters. The van der Waals surface area contributed by atoms with Crippen molar-refractivity contribution in [1.82, 2.24) is 5.32 Å². The molecule has 0 aliphatic rings. The Bertz CT molecular complexity index is 476. The topological polar surface area (TPSA) is 12.0 Å². The molecule has 0 spiro atoms. The van der Waals surface area contributed by atoms with Crippen molar-refractivity contribution in [1.29, 1.82) is 0 Å². The minimum absolute atomic E-state index is 0.427. The average molecular weight is 273 g/mol. The van der Waals surface area contributed by atoms with Gasteiger partial charge in [-0.1, -0.05) is 44.5 Å². The first-order valence-electron chi connectivity index (χ1n) is 7.16. The van der Waals surface area contributed by atoms with E-state index in [1.165, 1.54) is 29.5 Å². The van der Waals surface area contributed by atoms with Gasteiger partial charge < -0.3 is 5.32 Å². The van der Waals surface area contributed by atoms with Crippen LogP contribution < -0.4 is 5.32 Å². The summed E-state index contributed by atoms with van der Waals surface area (Å²) in [5, 5.41) is 8.02. The van der Waals surface area contributed by atoms with E-state index in [2.05, 4.69) is 60.3 Å². The zero-order valence-corrected chi connectivity index (χ0v) is 12.7. The average Bonchev–Trinajstić information content (AvgIpc) is 2.92. The van der Waals surface area contributed by atoms with Gasteiger partial charge in [0.15, 0.2) is 0 Å². The molecule has 2 aromatic rings. The molecule has 1 heterocycles. The molecule has 1 aromatic heterocycles. The summed E-state index contributed by atoms with van der Waals surface area (Å²) in [5.74, 6) is 0. The Morgan fingerprint density at radius 2 is 2.05 bits per heavy atom. The standard InChI is InChI=1S/C17H23NS/c1-3-6-14-7-5-8-16(11-14)17(18-4-2)12-15-9-10-19-13-15/h5,7-11,13,17-18H,3-4,6,12H2,1-2H3. The normalized spacial score (nSPS) is 12.5. The molecule has 0 aliphatic carbocycles. The Kier molecular flexibility index (Phi) is 5.62. The summed E-state index contributed by atoms with van der Waals surface area (Å²) in [6.07, 6.45) is 3.46. The molecule has 0 bridgehead atoms. The van der Waals surface area contributed by atoms with Crippen LogP contribution in [0.2, 0.25) is 0 Å². The zero-order chi connectivity index (χ0) is 13.5. The van der Waals surface area contributed by atoms with Crippen LogP contribution in [0.4, 0.5) is 0 Å². The van der Waals surface area contributed by atoms with E-state index in [0.717, 1.165) is 13.0 Å². The van der Waals surface area contributed by atoms with Gasteiger partial charge >= 0.3 is 0 Å². The van der Waals surface area contributed by atoms with Crippen molar-refractivity contribution >= 4 is 11.3 Å². The number of hydrogen-bond acceptors (Lipinski definition) is 2. The number of aryl methyl sites for hydroxylation is 1. The van der Waals surface area contributed by atoms with Crippen molar-refractivity contribution in [3.8, 4) is 0 Å². The molecular formula is C17H23NS. The molecule has 0 saturated carbocycles. The molecule has 1 aromatic carbocycles. The molecular weight excluding hydrogens is 250 g/mol. The zero-order valence-electron chi connectivity index (χ0n) is 11.9. The number of rotatable bonds is 7. The number of nitrogens with one attached hydrogen (secondary N) is 1. The Balaban J connectivity index is 2.15. The SMILES string of the molecule is CCCc1cccc(C(Cc2ccsc2)NCC)c1. The van der Waals surface area contributed by atoms with Crippen molar-refractivity contribution < 1.29 is 0 Å². The molecule has 0 fully saturated rings. The van der Waals surface area contributed by atoms with Crippen LogP contribution in [-0.4, -0.2) is 6.54 Å². The lowest BCUT2D eigenvalue weighted by Gasteiger charge is -2.18. The monoisotopic (exact) mass is 273 g/mol. The third-order valence-electron chi connectivity index (χ3n) is 3.36. The summed E-state index contributed by atoms with van der Waals surface area (Å²) < 4.78 is 0. The highest BCUT2D eigenvalue weighted by atomic mass is 32.1. The van der Waals surface area contributed by atoms with E-state index in [4.69, 9.17) is 0 Å². The Labute approximate surface area is 120 Å². The minimum Gasteiger partial charge on any atom is -0.310 e. The van der Waals surface area contributed by atoms with Crippen LogP contribution in [0, 0.1) is 0 Å². The molecule has 0 radical (unpaired) electrons. The smallest absolute Gasteiger partial charge is 0.0361 e. The molecule has 1 N–H and O–H groups in total. The van der Waals surface area contributed by atoms with Gasteiger partial charge in [0.05, 0.1) is 0 Å². The summed E-state index contributed by atoms with van der Waals surface area (Å²) >= 11 is 1.78. The van der Waals surface area contributed by atoms with E-state index in [-0.39, 0.29) is 0 Å². The molecule has 2 heteroatoms. The fourth-order valence-electron chi connectivity index (χ4n) is 2.45. The van der Waals surface area contributed by atoms with Gasteiger partial charge in [-0.3, -0.25) is 0 Å². The van der Waals surface area contributed by atoms with Gasteiger partial charge in [0.1, 0.15) is 0 Å². The van der Waals surface area contributed by atoms with Crippen molar-refractivity contribution in [2.75, 3.05) is 6.54 Å².